The number of rotatable bonds is 2. The van der Waals surface area contributed by atoms with Crippen LogP contribution in [-0.4, -0.2) is 11.5 Å². The first-order valence-electron chi connectivity index (χ1n) is 6.45. The molecule has 1 saturated heterocycles. The molecule has 0 saturated carbocycles. The van der Waals surface area contributed by atoms with E-state index in [1.54, 1.807) is 0 Å². The van der Waals surface area contributed by atoms with Crippen LogP contribution in [0.3, 0.4) is 0 Å². The molecule has 1 aliphatic rings. The Labute approximate surface area is 124 Å². The third-order valence-corrected chi connectivity index (χ3v) is 6.61. The highest BCUT2D eigenvalue weighted by Gasteiger charge is 2.39. The van der Waals surface area contributed by atoms with Gasteiger partial charge in [-0.25, -0.2) is 0 Å². The van der Waals surface area contributed by atoms with E-state index < -0.39 is 0 Å². The SMILES string of the molecule is CC(C)(C)CC1(c2cccc(Cl)c2)SCCCS1. The quantitative estimate of drug-likeness (QED) is 0.677. The molecule has 1 fully saturated rings. The van der Waals surface area contributed by atoms with Gasteiger partial charge in [0, 0.05) is 5.02 Å². The molecule has 1 aromatic rings. The van der Waals surface area contributed by atoms with Gasteiger partial charge in [-0.1, -0.05) is 44.5 Å². The smallest absolute Gasteiger partial charge is 0.0865 e. The average molecular weight is 301 g/mol. The fraction of sp³-hybridized carbons (Fsp3) is 0.600. The Morgan fingerprint density at radius 3 is 2.44 bits per heavy atom. The highest BCUT2D eigenvalue weighted by atomic mass is 35.5. The maximum atomic E-state index is 6.18. The van der Waals surface area contributed by atoms with Gasteiger partial charge in [0.2, 0.25) is 0 Å². The lowest BCUT2D eigenvalue weighted by atomic mass is 9.88. The van der Waals surface area contributed by atoms with Crippen LogP contribution in [0.2, 0.25) is 5.02 Å². The summed E-state index contributed by atoms with van der Waals surface area (Å²) in [4.78, 5) is 0. The molecular formula is C15H21ClS2. The summed E-state index contributed by atoms with van der Waals surface area (Å²) in [6, 6.07) is 8.44. The van der Waals surface area contributed by atoms with E-state index in [1.165, 1.54) is 29.9 Å². The van der Waals surface area contributed by atoms with Gasteiger partial charge in [-0.3, -0.25) is 0 Å². The third kappa shape index (κ3) is 3.61. The summed E-state index contributed by atoms with van der Waals surface area (Å²) >= 11 is 10.4. The summed E-state index contributed by atoms with van der Waals surface area (Å²) in [7, 11) is 0. The van der Waals surface area contributed by atoms with Crippen molar-refractivity contribution in [2.24, 2.45) is 5.41 Å². The minimum atomic E-state index is 0.196. The van der Waals surface area contributed by atoms with Crippen molar-refractivity contribution in [3.8, 4) is 0 Å². The molecular weight excluding hydrogens is 280 g/mol. The number of benzene rings is 1. The van der Waals surface area contributed by atoms with Gasteiger partial charge < -0.3 is 0 Å². The Morgan fingerprint density at radius 2 is 1.89 bits per heavy atom. The van der Waals surface area contributed by atoms with Gasteiger partial charge in [0.1, 0.15) is 0 Å². The van der Waals surface area contributed by atoms with Crippen molar-refractivity contribution in [1.82, 2.24) is 0 Å². The summed E-state index contributed by atoms with van der Waals surface area (Å²) < 4.78 is 0.196. The second-order valence-electron chi connectivity index (χ2n) is 6.05. The number of hydrogen-bond acceptors (Lipinski definition) is 2. The molecule has 3 heteroatoms. The van der Waals surface area contributed by atoms with E-state index in [9.17, 15) is 0 Å². The van der Waals surface area contributed by atoms with E-state index in [2.05, 4.69) is 62.5 Å². The normalized spacial score (nSPS) is 19.8. The molecule has 1 aromatic carbocycles. The summed E-state index contributed by atoms with van der Waals surface area (Å²) in [6.07, 6.45) is 2.51. The summed E-state index contributed by atoms with van der Waals surface area (Å²) in [6.45, 7) is 6.99. The zero-order valence-electron chi connectivity index (χ0n) is 11.3. The van der Waals surface area contributed by atoms with E-state index >= 15 is 0 Å². The Bertz CT molecular complexity index is 403. The molecule has 0 aromatic heterocycles. The second-order valence-corrected chi connectivity index (χ2v) is 9.53. The molecule has 0 radical (unpaired) electrons. The molecule has 0 aliphatic carbocycles. The fourth-order valence-electron chi connectivity index (χ4n) is 2.37. The first-order chi connectivity index (χ1) is 8.41. The van der Waals surface area contributed by atoms with Crippen LogP contribution < -0.4 is 0 Å². The van der Waals surface area contributed by atoms with Crippen LogP contribution in [0.15, 0.2) is 24.3 Å². The molecule has 0 N–H and O–H groups in total. The predicted molar refractivity (Wildman–Crippen MR) is 86.7 cm³/mol. The summed E-state index contributed by atoms with van der Waals surface area (Å²) in [5, 5.41) is 0.854. The van der Waals surface area contributed by atoms with Crippen LogP contribution in [0.1, 0.15) is 39.2 Å². The van der Waals surface area contributed by atoms with E-state index in [1.807, 2.05) is 6.07 Å². The molecule has 0 amide bonds. The lowest BCUT2D eigenvalue weighted by Gasteiger charge is -2.41. The maximum Gasteiger partial charge on any atom is 0.0865 e. The minimum absolute atomic E-state index is 0.196. The second kappa shape index (κ2) is 5.68. The number of halogens is 1. The Hall–Kier alpha value is 0.210. The third-order valence-electron chi connectivity index (χ3n) is 2.99. The molecule has 1 aliphatic heterocycles. The van der Waals surface area contributed by atoms with Crippen molar-refractivity contribution in [2.75, 3.05) is 11.5 Å². The van der Waals surface area contributed by atoms with Crippen LogP contribution in [0.5, 0.6) is 0 Å². The first kappa shape index (κ1) is 14.6. The first-order valence-corrected chi connectivity index (χ1v) is 8.80. The molecule has 1 heterocycles. The van der Waals surface area contributed by atoms with Gasteiger partial charge in [0.25, 0.3) is 0 Å². The molecule has 0 unspecified atom stereocenters. The van der Waals surface area contributed by atoms with Crippen molar-refractivity contribution in [3.63, 3.8) is 0 Å². The molecule has 100 valence electrons. The lowest BCUT2D eigenvalue weighted by Crippen LogP contribution is -2.28. The molecule has 0 bridgehead atoms. The molecule has 2 rings (SSSR count). The average Bonchev–Trinajstić information content (AvgIpc) is 2.28. The van der Waals surface area contributed by atoms with E-state index in [-0.39, 0.29) is 4.08 Å². The van der Waals surface area contributed by atoms with Crippen LogP contribution in [0.4, 0.5) is 0 Å². The topological polar surface area (TPSA) is 0 Å². The standard InChI is InChI=1S/C15H21ClS2/c1-14(2,3)11-15(17-8-5-9-18-15)12-6-4-7-13(16)10-12/h4,6-7,10H,5,8-9,11H2,1-3H3. The van der Waals surface area contributed by atoms with Gasteiger partial charge in [0.15, 0.2) is 0 Å². The molecule has 0 spiro atoms. The van der Waals surface area contributed by atoms with Gasteiger partial charge in [0.05, 0.1) is 4.08 Å². The van der Waals surface area contributed by atoms with Crippen molar-refractivity contribution in [1.29, 1.82) is 0 Å². The predicted octanol–water partition coefficient (Wildman–Crippen LogP) is 5.80. The molecule has 18 heavy (non-hydrogen) atoms. The summed E-state index contributed by atoms with van der Waals surface area (Å²) in [5.41, 5.74) is 1.72. The minimum Gasteiger partial charge on any atom is -0.139 e. The zero-order chi connectivity index (χ0) is 13.2. The molecule has 0 atom stereocenters. The monoisotopic (exact) mass is 300 g/mol. The van der Waals surface area contributed by atoms with Gasteiger partial charge in [-0.15, -0.1) is 23.5 Å². The zero-order valence-corrected chi connectivity index (χ0v) is 13.7. The van der Waals surface area contributed by atoms with Crippen LogP contribution in [0, 0.1) is 5.41 Å². The highest BCUT2D eigenvalue weighted by Crippen LogP contribution is 2.56. The Balaban J connectivity index is 2.35. The Kier molecular flexibility index (Phi) is 4.61. The number of thioether (sulfide) groups is 2. The van der Waals surface area contributed by atoms with Gasteiger partial charge in [-0.05, 0) is 47.5 Å². The van der Waals surface area contributed by atoms with Gasteiger partial charge >= 0.3 is 0 Å². The lowest BCUT2D eigenvalue weighted by molar-refractivity contribution is 0.363. The molecule has 0 nitrogen and oxygen atoms in total. The van der Waals surface area contributed by atoms with E-state index in [0.717, 1.165) is 5.02 Å². The van der Waals surface area contributed by atoms with Crippen molar-refractivity contribution in [3.05, 3.63) is 34.9 Å². The van der Waals surface area contributed by atoms with Crippen LogP contribution in [0.25, 0.3) is 0 Å². The van der Waals surface area contributed by atoms with Crippen LogP contribution >= 0.6 is 35.1 Å². The largest absolute Gasteiger partial charge is 0.139 e. The maximum absolute atomic E-state index is 6.18. The van der Waals surface area contributed by atoms with Gasteiger partial charge in [-0.2, -0.15) is 0 Å². The van der Waals surface area contributed by atoms with Crippen molar-refractivity contribution >= 4 is 35.1 Å². The van der Waals surface area contributed by atoms with Crippen molar-refractivity contribution < 1.29 is 0 Å². The number of hydrogen-bond donors (Lipinski definition) is 0. The van der Waals surface area contributed by atoms with Crippen molar-refractivity contribution in [2.45, 2.75) is 37.7 Å². The fourth-order valence-corrected chi connectivity index (χ4v) is 6.47. The van der Waals surface area contributed by atoms with E-state index in [0.29, 0.717) is 5.41 Å². The van der Waals surface area contributed by atoms with Crippen LogP contribution in [-0.2, 0) is 4.08 Å². The van der Waals surface area contributed by atoms with E-state index in [4.69, 9.17) is 11.6 Å². The summed E-state index contributed by atoms with van der Waals surface area (Å²) in [5.74, 6) is 2.52. The highest BCUT2D eigenvalue weighted by molar-refractivity contribution is 8.18. The Morgan fingerprint density at radius 1 is 1.22 bits per heavy atom.